The lowest BCUT2D eigenvalue weighted by Crippen LogP contribution is -2.10. The molecule has 0 atom stereocenters. The van der Waals surface area contributed by atoms with Gasteiger partial charge in [-0.05, 0) is 67.8 Å². The largest absolute Gasteiger partial charge is 0.480 e. The molecule has 130 valence electrons. The van der Waals surface area contributed by atoms with Crippen molar-refractivity contribution in [2.75, 3.05) is 6.61 Å². The zero-order chi connectivity index (χ0) is 18.7. The van der Waals surface area contributed by atoms with Crippen molar-refractivity contribution in [3.8, 4) is 11.8 Å². The van der Waals surface area contributed by atoms with Gasteiger partial charge in [0, 0.05) is 0 Å². The molecule has 6 nitrogen and oxygen atoms in total. The van der Waals surface area contributed by atoms with Gasteiger partial charge in [-0.25, -0.2) is 9.78 Å². The fraction of sp³-hybridized carbons (Fsp3) is 0.0556. The van der Waals surface area contributed by atoms with Gasteiger partial charge in [0.2, 0.25) is 5.89 Å². The Balaban J connectivity index is 1.96. The molecule has 0 bridgehead atoms. The molecule has 0 aliphatic rings. The number of benzene rings is 2. The molecule has 2 aromatic carbocycles. The molecular formula is C18H10Br2N2O4. The first-order valence-electron chi connectivity index (χ1n) is 7.29. The van der Waals surface area contributed by atoms with Crippen LogP contribution >= 0.6 is 31.9 Å². The van der Waals surface area contributed by atoms with Gasteiger partial charge in [0.15, 0.2) is 12.2 Å². The van der Waals surface area contributed by atoms with Crippen molar-refractivity contribution >= 4 is 60.6 Å². The minimum atomic E-state index is -1.07. The third-order valence-electron chi connectivity index (χ3n) is 3.32. The van der Waals surface area contributed by atoms with Crippen molar-refractivity contribution in [1.82, 2.24) is 4.98 Å². The molecule has 0 saturated carbocycles. The third-order valence-corrected chi connectivity index (χ3v) is 4.49. The van der Waals surface area contributed by atoms with E-state index >= 15 is 0 Å². The van der Waals surface area contributed by atoms with E-state index in [1.807, 2.05) is 12.1 Å². The second kappa shape index (κ2) is 7.72. The van der Waals surface area contributed by atoms with Gasteiger partial charge in [0.05, 0.1) is 8.95 Å². The van der Waals surface area contributed by atoms with E-state index in [2.05, 4.69) is 42.9 Å². The molecule has 0 spiro atoms. The molecule has 0 amide bonds. The number of ether oxygens (including phenoxy) is 1. The zero-order valence-electron chi connectivity index (χ0n) is 13.1. The number of nitrogens with zero attached hydrogens (tertiary/aromatic N) is 2. The molecule has 26 heavy (non-hydrogen) atoms. The Kier molecular flexibility index (Phi) is 5.40. The first kappa shape index (κ1) is 18.2. The lowest BCUT2D eigenvalue weighted by molar-refractivity contribution is -0.139. The van der Waals surface area contributed by atoms with E-state index in [0.717, 1.165) is 0 Å². The predicted molar refractivity (Wildman–Crippen MR) is 102 cm³/mol. The van der Waals surface area contributed by atoms with Gasteiger partial charge in [-0.15, -0.1) is 0 Å². The molecule has 3 rings (SSSR count). The Bertz CT molecular complexity index is 1010. The first-order valence-corrected chi connectivity index (χ1v) is 8.88. The van der Waals surface area contributed by atoms with Crippen LogP contribution in [0.5, 0.6) is 5.75 Å². The maximum atomic E-state index is 10.7. The summed E-state index contributed by atoms with van der Waals surface area (Å²) in [6, 6.07) is 12.8. The molecule has 1 N–H and O–H groups in total. The summed E-state index contributed by atoms with van der Waals surface area (Å²) in [5.41, 5.74) is 2.22. The maximum Gasteiger partial charge on any atom is 0.341 e. The third kappa shape index (κ3) is 3.95. The molecule has 0 unspecified atom stereocenters. The van der Waals surface area contributed by atoms with Gasteiger partial charge in [0.25, 0.3) is 0 Å². The second-order valence-corrected chi connectivity index (χ2v) is 6.86. The number of rotatable bonds is 5. The summed E-state index contributed by atoms with van der Waals surface area (Å²) in [5.74, 6) is -0.479. The van der Waals surface area contributed by atoms with E-state index in [1.165, 1.54) is 0 Å². The Morgan fingerprint density at radius 1 is 1.31 bits per heavy atom. The highest BCUT2D eigenvalue weighted by molar-refractivity contribution is 9.11. The number of para-hydroxylation sites is 2. The van der Waals surface area contributed by atoms with Crippen LogP contribution in [0.3, 0.4) is 0 Å². The quantitative estimate of drug-likeness (QED) is 0.526. The molecule has 0 saturated heterocycles. The highest BCUT2D eigenvalue weighted by atomic mass is 79.9. The summed E-state index contributed by atoms with van der Waals surface area (Å²) in [6.45, 7) is -0.460. The van der Waals surface area contributed by atoms with Crippen molar-refractivity contribution in [1.29, 1.82) is 5.26 Å². The maximum absolute atomic E-state index is 10.7. The van der Waals surface area contributed by atoms with Crippen molar-refractivity contribution in [2.24, 2.45) is 0 Å². The van der Waals surface area contributed by atoms with E-state index < -0.39 is 12.6 Å². The van der Waals surface area contributed by atoms with Gasteiger partial charge in [-0.1, -0.05) is 12.1 Å². The van der Waals surface area contributed by atoms with Gasteiger partial charge >= 0.3 is 5.97 Å². The number of aromatic nitrogens is 1. The number of halogens is 2. The van der Waals surface area contributed by atoms with Gasteiger partial charge in [-0.3, -0.25) is 0 Å². The SMILES string of the molecule is N#C/C(=C\c1cc(Br)c(OCC(=O)O)c(Br)c1)c1nc2ccccc2o1. The molecule has 8 heteroatoms. The van der Waals surface area contributed by atoms with Crippen LogP contribution in [0.2, 0.25) is 0 Å². The smallest absolute Gasteiger partial charge is 0.341 e. The molecular weight excluding hydrogens is 468 g/mol. The van der Waals surface area contributed by atoms with Crippen LogP contribution in [0, 0.1) is 11.3 Å². The predicted octanol–water partition coefficient (Wildman–Crippen LogP) is 4.88. The summed E-state index contributed by atoms with van der Waals surface area (Å²) in [6.07, 6.45) is 1.63. The summed E-state index contributed by atoms with van der Waals surface area (Å²) in [7, 11) is 0. The first-order chi connectivity index (χ1) is 12.5. The molecule has 1 heterocycles. The molecule has 0 fully saturated rings. The monoisotopic (exact) mass is 476 g/mol. The molecule has 0 aliphatic carbocycles. The number of allylic oxidation sites excluding steroid dienone is 1. The van der Waals surface area contributed by atoms with E-state index in [0.29, 0.717) is 31.4 Å². The topological polar surface area (TPSA) is 96.3 Å². The van der Waals surface area contributed by atoms with Gasteiger partial charge < -0.3 is 14.3 Å². The highest BCUT2D eigenvalue weighted by Gasteiger charge is 2.13. The Morgan fingerprint density at radius 2 is 2.00 bits per heavy atom. The second-order valence-electron chi connectivity index (χ2n) is 5.15. The van der Waals surface area contributed by atoms with Crippen LogP contribution in [-0.2, 0) is 4.79 Å². The van der Waals surface area contributed by atoms with Crippen LogP contribution in [0.15, 0.2) is 49.8 Å². The number of carboxylic acid groups (broad SMARTS) is 1. The molecule has 1 aromatic heterocycles. The summed E-state index contributed by atoms with van der Waals surface area (Å²) >= 11 is 6.69. The van der Waals surface area contributed by atoms with Crippen LogP contribution in [0.25, 0.3) is 22.7 Å². The fourth-order valence-corrected chi connectivity index (χ4v) is 3.68. The Labute approximate surface area is 165 Å². The van der Waals surface area contributed by atoms with Gasteiger partial charge in [-0.2, -0.15) is 5.26 Å². The van der Waals surface area contributed by atoms with Crippen LogP contribution in [0.1, 0.15) is 11.5 Å². The number of fused-ring (bicyclic) bond motifs is 1. The number of hydrogen-bond acceptors (Lipinski definition) is 5. The van der Waals surface area contributed by atoms with E-state index in [9.17, 15) is 10.1 Å². The average Bonchev–Trinajstić information content (AvgIpc) is 3.02. The normalized spacial score (nSPS) is 11.3. The zero-order valence-corrected chi connectivity index (χ0v) is 16.2. The van der Waals surface area contributed by atoms with Crippen molar-refractivity contribution in [3.63, 3.8) is 0 Å². The van der Waals surface area contributed by atoms with E-state index in [-0.39, 0.29) is 11.5 Å². The molecule has 0 aliphatic heterocycles. The van der Waals surface area contributed by atoms with E-state index in [1.54, 1.807) is 30.3 Å². The minimum absolute atomic E-state index is 0.229. The Morgan fingerprint density at radius 3 is 2.62 bits per heavy atom. The van der Waals surface area contributed by atoms with Crippen LogP contribution in [0.4, 0.5) is 0 Å². The summed E-state index contributed by atoms with van der Waals surface area (Å²) in [5, 5.41) is 18.2. The number of carboxylic acids is 1. The van der Waals surface area contributed by atoms with Crippen molar-refractivity contribution < 1.29 is 19.1 Å². The van der Waals surface area contributed by atoms with Gasteiger partial charge in [0.1, 0.15) is 22.9 Å². The van der Waals surface area contributed by atoms with Crippen LogP contribution < -0.4 is 4.74 Å². The van der Waals surface area contributed by atoms with E-state index in [4.69, 9.17) is 14.3 Å². The molecule has 3 aromatic rings. The number of aliphatic carboxylic acids is 1. The number of oxazole rings is 1. The fourth-order valence-electron chi connectivity index (χ4n) is 2.23. The number of hydrogen-bond donors (Lipinski definition) is 1. The van der Waals surface area contributed by atoms with Crippen LogP contribution in [-0.4, -0.2) is 22.7 Å². The minimum Gasteiger partial charge on any atom is -0.480 e. The lowest BCUT2D eigenvalue weighted by atomic mass is 10.1. The summed E-state index contributed by atoms with van der Waals surface area (Å²) in [4.78, 5) is 15.0. The van der Waals surface area contributed by atoms with Crippen molar-refractivity contribution in [2.45, 2.75) is 0 Å². The number of carbonyl (C=O) groups is 1. The average molecular weight is 478 g/mol. The van der Waals surface area contributed by atoms with Crippen molar-refractivity contribution in [3.05, 3.63) is 56.8 Å². The highest BCUT2D eigenvalue weighted by Crippen LogP contribution is 2.36. The Hall–Kier alpha value is -2.63. The lowest BCUT2D eigenvalue weighted by Gasteiger charge is -2.09. The molecule has 0 radical (unpaired) electrons. The summed E-state index contributed by atoms with van der Waals surface area (Å²) < 4.78 is 12.0. The standard InChI is InChI=1S/C18H10Br2N2O4/c19-12-6-10(7-13(20)17(12)25-9-16(23)24)5-11(8-21)18-22-14-3-1-2-4-15(14)26-18/h1-7H,9H2,(H,23,24)/b11-5+. The number of nitriles is 1.